The second-order valence-corrected chi connectivity index (χ2v) is 10.0. The highest BCUT2D eigenvalue weighted by Gasteiger charge is 2.54. The largest absolute Gasteiger partial charge is 0.355 e. The predicted molar refractivity (Wildman–Crippen MR) is 97.9 cm³/mol. The van der Waals surface area contributed by atoms with Gasteiger partial charge in [0.05, 0.1) is 22.7 Å². The molecule has 1 aromatic heterocycles. The zero-order valence-electron chi connectivity index (χ0n) is 14.8. The van der Waals surface area contributed by atoms with Crippen molar-refractivity contribution in [2.45, 2.75) is 31.7 Å². The Hall–Kier alpha value is -1.03. The number of sulfonamides is 1. The summed E-state index contributed by atoms with van der Waals surface area (Å²) in [4.78, 5) is 19.4. The maximum atomic E-state index is 13.1. The Bertz CT molecular complexity index is 707. The molecule has 1 aromatic rings. The Labute approximate surface area is 153 Å². The first-order valence-corrected chi connectivity index (χ1v) is 11.4. The summed E-state index contributed by atoms with van der Waals surface area (Å²) in [6.07, 6.45) is 5.90. The average Bonchev–Trinajstić information content (AvgIpc) is 3.06. The number of rotatable bonds is 5. The van der Waals surface area contributed by atoms with Crippen LogP contribution in [0.2, 0.25) is 0 Å². The van der Waals surface area contributed by atoms with Crippen LogP contribution in [0.5, 0.6) is 0 Å². The molecule has 0 bridgehead atoms. The molecule has 1 N–H and O–H groups in total. The number of nitrogens with one attached hydrogen (secondary N) is 1. The molecule has 9 heteroatoms. The van der Waals surface area contributed by atoms with Gasteiger partial charge in [-0.3, -0.25) is 4.79 Å². The number of nitrogens with zero attached hydrogens (tertiary/aromatic N) is 3. The first-order chi connectivity index (χ1) is 11.8. The minimum absolute atomic E-state index is 0.00416. The van der Waals surface area contributed by atoms with Crippen LogP contribution in [0.4, 0.5) is 0 Å². The van der Waals surface area contributed by atoms with Crippen LogP contribution in [0.25, 0.3) is 0 Å². The number of carbonyl (C=O) groups is 1. The van der Waals surface area contributed by atoms with E-state index in [2.05, 4.69) is 15.2 Å². The van der Waals surface area contributed by atoms with Gasteiger partial charge < -0.3 is 10.2 Å². The lowest BCUT2D eigenvalue weighted by molar-refractivity contribution is -0.140. The van der Waals surface area contributed by atoms with Gasteiger partial charge in [-0.15, -0.1) is 11.3 Å². The maximum absolute atomic E-state index is 13.1. The normalized spacial score (nSPS) is 28.5. The molecular weight excluding hydrogens is 360 g/mol. The molecule has 25 heavy (non-hydrogen) atoms. The molecule has 140 valence electrons. The van der Waals surface area contributed by atoms with E-state index in [0.717, 1.165) is 24.4 Å². The van der Waals surface area contributed by atoms with Crippen LogP contribution in [-0.4, -0.2) is 74.0 Å². The number of thiazole rings is 1. The fourth-order valence-electron chi connectivity index (χ4n) is 4.09. The minimum Gasteiger partial charge on any atom is -0.355 e. The molecule has 7 nitrogen and oxygen atoms in total. The van der Waals surface area contributed by atoms with Gasteiger partial charge in [-0.05, 0) is 32.9 Å². The number of hydrogen-bond acceptors (Lipinski definition) is 6. The number of likely N-dealkylation sites (tertiary alicyclic amines) is 1. The lowest BCUT2D eigenvalue weighted by Gasteiger charge is -2.52. The van der Waals surface area contributed by atoms with Crippen molar-refractivity contribution < 1.29 is 13.2 Å². The van der Waals surface area contributed by atoms with E-state index >= 15 is 0 Å². The van der Waals surface area contributed by atoms with Gasteiger partial charge in [0.2, 0.25) is 15.9 Å². The molecule has 2 saturated heterocycles. The summed E-state index contributed by atoms with van der Waals surface area (Å²) in [5.74, 6) is -0.00416. The van der Waals surface area contributed by atoms with Crippen LogP contribution < -0.4 is 5.32 Å². The van der Waals surface area contributed by atoms with Crippen molar-refractivity contribution in [1.82, 2.24) is 19.5 Å². The Morgan fingerprint density at radius 3 is 2.92 bits per heavy atom. The number of likely N-dealkylation sites (N-methyl/N-ethyl adjacent to an activating group) is 1. The third-order valence-corrected chi connectivity index (χ3v) is 7.53. The summed E-state index contributed by atoms with van der Waals surface area (Å²) in [6.45, 7) is 2.46. The number of fused-ring (bicyclic) bond motifs is 1. The Morgan fingerprint density at radius 1 is 1.44 bits per heavy atom. The number of hydrogen-bond donors (Lipinski definition) is 1. The van der Waals surface area contributed by atoms with Crippen molar-refractivity contribution in [3.05, 3.63) is 16.6 Å². The van der Waals surface area contributed by atoms with Crippen LogP contribution in [0, 0.1) is 5.41 Å². The maximum Gasteiger partial charge on any atom is 0.227 e. The van der Waals surface area contributed by atoms with Crippen molar-refractivity contribution in [3.63, 3.8) is 0 Å². The second kappa shape index (κ2) is 7.30. The van der Waals surface area contributed by atoms with Crippen LogP contribution in [0.1, 0.15) is 24.3 Å². The Balaban J connectivity index is 1.76. The Morgan fingerprint density at radius 2 is 2.24 bits per heavy atom. The van der Waals surface area contributed by atoms with E-state index in [1.54, 1.807) is 21.8 Å². The van der Waals surface area contributed by atoms with Crippen molar-refractivity contribution in [3.8, 4) is 0 Å². The zero-order chi connectivity index (χ0) is 18.1. The molecule has 3 heterocycles. The third kappa shape index (κ3) is 3.89. The topological polar surface area (TPSA) is 82.6 Å². The molecule has 0 aromatic carbocycles. The van der Waals surface area contributed by atoms with Crippen LogP contribution in [-0.2, 0) is 21.2 Å². The predicted octanol–water partition coefficient (Wildman–Crippen LogP) is 0.548. The lowest BCUT2D eigenvalue weighted by atomic mass is 9.68. The highest BCUT2D eigenvalue weighted by atomic mass is 32.2. The fourth-order valence-corrected chi connectivity index (χ4v) is 5.91. The molecular formula is C16H26N4O3S2. The SMILES string of the molecule is CN1CC[C@]2(C(=O)NCCc3nccs3)CCCN(S(C)(=O)=O)[C@H]2C1. The van der Waals surface area contributed by atoms with Gasteiger partial charge in [0.25, 0.3) is 0 Å². The van der Waals surface area contributed by atoms with Crippen molar-refractivity contribution in [2.75, 3.05) is 39.5 Å². The zero-order valence-corrected chi connectivity index (χ0v) is 16.4. The van der Waals surface area contributed by atoms with E-state index in [9.17, 15) is 13.2 Å². The smallest absolute Gasteiger partial charge is 0.227 e. The highest BCUT2D eigenvalue weighted by molar-refractivity contribution is 7.88. The summed E-state index contributed by atoms with van der Waals surface area (Å²) < 4.78 is 26.1. The van der Waals surface area contributed by atoms with E-state index in [4.69, 9.17) is 0 Å². The van der Waals surface area contributed by atoms with E-state index in [-0.39, 0.29) is 11.9 Å². The molecule has 0 radical (unpaired) electrons. The molecule has 2 aliphatic rings. The molecule has 2 atom stereocenters. The number of carbonyl (C=O) groups excluding carboxylic acids is 1. The fraction of sp³-hybridized carbons (Fsp3) is 0.750. The molecule has 0 aliphatic carbocycles. The van der Waals surface area contributed by atoms with Crippen LogP contribution in [0.3, 0.4) is 0 Å². The second-order valence-electron chi connectivity index (χ2n) is 7.09. The molecule has 3 rings (SSSR count). The number of piperidine rings is 2. The average molecular weight is 387 g/mol. The first-order valence-electron chi connectivity index (χ1n) is 8.65. The third-order valence-electron chi connectivity index (χ3n) is 5.40. The van der Waals surface area contributed by atoms with Crippen molar-refractivity contribution in [1.29, 1.82) is 0 Å². The lowest BCUT2D eigenvalue weighted by Crippen LogP contribution is -2.66. The number of amides is 1. The molecule has 1 amide bonds. The molecule has 0 unspecified atom stereocenters. The molecule has 2 aliphatic heterocycles. The van der Waals surface area contributed by atoms with Gasteiger partial charge in [0.1, 0.15) is 0 Å². The monoisotopic (exact) mass is 386 g/mol. The highest BCUT2D eigenvalue weighted by Crippen LogP contribution is 2.43. The number of aromatic nitrogens is 1. The summed E-state index contributed by atoms with van der Waals surface area (Å²) in [6, 6.07) is -0.283. The molecule has 0 saturated carbocycles. The minimum atomic E-state index is -3.33. The molecule has 0 spiro atoms. The first kappa shape index (κ1) is 18.8. The van der Waals surface area contributed by atoms with Gasteiger partial charge >= 0.3 is 0 Å². The van der Waals surface area contributed by atoms with Gasteiger partial charge in [-0.25, -0.2) is 13.4 Å². The summed E-state index contributed by atoms with van der Waals surface area (Å²) in [5, 5.41) is 5.98. The van der Waals surface area contributed by atoms with E-state index in [1.165, 1.54) is 6.26 Å². The summed E-state index contributed by atoms with van der Waals surface area (Å²) >= 11 is 1.58. The van der Waals surface area contributed by atoms with Crippen molar-refractivity contribution >= 4 is 27.3 Å². The quantitative estimate of drug-likeness (QED) is 0.799. The Kier molecular flexibility index (Phi) is 5.48. The van der Waals surface area contributed by atoms with Gasteiger partial charge in [0.15, 0.2) is 0 Å². The van der Waals surface area contributed by atoms with Crippen molar-refractivity contribution in [2.24, 2.45) is 5.41 Å². The van der Waals surface area contributed by atoms with Gasteiger partial charge in [-0.2, -0.15) is 4.31 Å². The molecule has 2 fully saturated rings. The van der Waals surface area contributed by atoms with E-state index < -0.39 is 15.4 Å². The van der Waals surface area contributed by atoms with Crippen LogP contribution >= 0.6 is 11.3 Å². The van der Waals surface area contributed by atoms with Gasteiger partial charge in [-0.1, -0.05) is 0 Å². The summed E-state index contributed by atoms with van der Waals surface area (Å²) in [5.41, 5.74) is -0.614. The summed E-state index contributed by atoms with van der Waals surface area (Å²) in [7, 11) is -1.34. The van der Waals surface area contributed by atoms with E-state index in [1.807, 2.05) is 12.4 Å². The standard InChI is InChI=1S/C16H26N4O3S2/c1-19-10-6-16(15(21)18-7-4-14-17-8-11-24-14)5-3-9-20(13(16)12-19)25(2,22)23/h8,11,13H,3-7,9-10,12H2,1-2H3,(H,18,21)/t13-,16+/m0/s1. The van der Waals surface area contributed by atoms with Crippen LogP contribution in [0.15, 0.2) is 11.6 Å². The van der Waals surface area contributed by atoms with Gasteiger partial charge in [0, 0.05) is 37.6 Å². The van der Waals surface area contributed by atoms with E-state index in [0.29, 0.717) is 32.5 Å².